The Morgan fingerprint density at radius 3 is 2.61 bits per heavy atom. The van der Waals surface area contributed by atoms with Gasteiger partial charge in [0.05, 0.1) is 24.9 Å². The Morgan fingerprint density at radius 1 is 1.11 bits per heavy atom. The molecule has 0 amide bonds. The minimum absolute atomic E-state index is 0. The predicted molar refractivity (Wildman–Crippen MR) is 143 cm³/mol. The minimum atomic E-state index is -0.250. The zero-order chi connectivity index (χ0) is 25.6. The lowest BCUT2D eigenvalue weighted by Gasteiger charge is -2.16. The molecule has 2 aromatic carbocycles. The predicted octanol–water partition coefficient (Wildman–Crippen LogP) is 3.90. The van der Waals surface area contributed by atoms with Gasteiger partial charge in [-0.2, -0.15) is 5.26 Å². The topological polar surface area (TPSA) is 136 Å². The van der Waals surface area contributed by atoms with Crippen molar-refractivity contribution < 1.29 is 9.47 Å². The van der Waals surface area contributed by atoms with Crippen LogP contribution in [-0.4, -0.2) is 49.4 Å². The maximum Gasteiger partial charge on any atom is 0.227 e. The van der Waals surface area contributed by atoms with Crippen molar-refractivity contribution in [2.45, 2.75) is 45.0 Å². The van der Waals surface area contributed by atoms with Crippen LogP contribution < -0.4 is 20.1 Å². The van der Waals surface area contributed by atoms with Crippen LogP contribution in [0.2, 0.25) is 0 Å². The lowest BCUT2D eigenvalue weighted by atomic mass is 10.1. The van der Waals surface area contributed by atoms with Gasteiger partial charge >= 0.3 is 0 Å². The molecule has 0 unspecified atom stereocenters. The van der Waals surface area contributed by atoms with Crippen molar-refractivity contribution in [2.75, 3.05) is 12.4 Å². The number of nitrogens with one attached hydrogen (secondary N) is 2. The van der Waals surface area contributed by atoms with Crippen molar-refractivity contribution in [3.8, 4) is 28.7 Å². The quantitative estimate of drug-likeness (QED) is 0.292. The Bertz CT molecular complexity index is 1390. The normalized spacial score (nSPS) is 13.2. The summed E-state index contributed by atoms with van der Waals surface area (Å²) >= 11 is 0. The summed E-state index contributed by atoms with van der Waals surface area (Å²) in [6.45, 7) is 3.16. The SMILES string of the molecule is COc1cc(CNC2CC2)ccc1Nc1ncc(-c2ccc(C#N)c(O[C@@H](C)Cn3cnnn3)c2)cn1.Cl. The molecule has 4 aromatic rings. The van der Waals surface area contributed by atoms with Gasteiger partial charge in [0.2, 0.25) is 5.95 Å². The minimum Gasteiger partial charge on any atom is -0.495 e. The largest absolute Gasteiger partial charge is 0.495 e. The molecule has 0 spiro atoms. The number of halogens is 1. The van der Waals surface area contributed by atoms with Crippen LogP contribution in [0.4, 0.5) is 11.6 Å². The van der Waals surface area contributed by atoms with Crippen molar-refractivity contribution in [1.82, 2.24) is 35.5 Å². The van der Waals surface area contributed by atoms with E-state index in [9.17, 15) is 5.26 Å². The summed E-state index contributed by atoms with van der Waals surface area (Å²) in [4.78, 5) is 8.96. The fourth-order valence-electron chi connectivity index (χ4n) is 3.83. The molecule has 1 atom stereocenters. The summed E-state index contributed by atoms with van der Waals surface area (Å²) in [5, 5.41) is 27.4. The third-order valence-corrected chi connectivity index (χ3v) is 5.94. The maximum atomic E-state index is 9.53. The second-order valence-corrected chi connectivity index (χ2v) is 8.89. The molecule has 0 radical (unpaired) electrons. The molecular weight excluding hydrogens is 506 g/mol. The van der Waals surface area contributed by atoms with E-state index in [0.29, 0.717) is 29.8 Å². The number of aromatic nitrogens is 6. The van der Waals surface area contributed by atoms with Crippen LogP contribution in [0.3, 0.4) is 0 Å². The van der Waals surface area contributed by atoms with Gasteiger partial charge in [-0.25, -0.2) is 14.6 Å². The van der Waals surface area contributed by atoms with E-state index in [1.807, 2.05) is 31.2 Å². The molecule has 0 aliphatic heterocycles. The molecular formula is C26H28ClN9O2. The van der Waals surface area contributed by atoms with Gasteiger partial charge in [-0.05, 0) is 65.6 Å². The first kappa shape index (κ1) is 26.8. The number of benzene rings is 2. The van der Waals surface area contributed by atoms with E-state index < -0.39 is 0 Å². The molecule has 11 nitrogen and oxygen atoms in total. The zero-order valence-electron chi connectivity index (χ0n) is 21.0. The highest BCUT2D eigenvalue weighted by Gasteiger charge is 2.20. The lowest BCUT2D eigenvalue weighted by molar-refractivity contribution is 0.192. The smallest absolute Gasteiger partial charge is 0.227 e. The highest BCUT2D eigenvalue weighted by atomic mass is 35.5. The molecule has 1 aliphatic carbocycles. The average Bonchev–Trinajstić information content (AvgIpc) is 3.62. The molecule has 2 aromatic heterocycles. The number of rotatable bonds is 11. The summed E-state index contributed by atoms with van der Waals surface area (Å²) < 4.78 is 13.2. The Balaban J connectivity index is 0.00000336. The molecule has 1 aliphatic rings. The Labute approximate surface area is 226 Å². The summed E-state index contributed by atoms with van der Waals surface area (Å²) in [7, 11) is 1.65. The van der Waals surface area contributed by atoms with Crippen molar-refractivity contribution >= 4 is 24.0 Å². The van der Waals surface area contributed by atoms with Gasteiger partial charge in [-0.1, -0.05) is 12.1 Å². The Morgan fingerprint density at radius 2 is 1.92 bits per heavy atom. The van der Waals surface area contributed by atoms with Crippen LogP contribution in [0.1, 0.15) is 30.9 Å². The highest BCUT2D eigenvalue weighted by molar-refractivity contribution is 5.85. The zero-order valence-corrected chi connectivity index (χ0v) is 21.9. The number of methoxy groups -OCH3 is 1. The first-order chi connectivity index (χ1) is 18.1. The summed E-state index contributed by atoms with van der Waals surface area (Å²) in [6.07, 6.45) is 7.23. The van der Waals surface area contributed by atoms with E-state index in [-0.39, 0.29) is 18.5 Å². The third-order valence-electron chi connectivity index (χ3n) is 5.94. The third kappa shape index (κ3) is 6.73. The van der Waals surface area contributed by atoms with Gasteiger partial charge < -0.3 is 20.1 Å². The van der Waals surface area contributed by atoms with E-state index in [1.54, 1.807) is 30.3 Å². The second-order valence-electron chi connectivity index (χ2n) is 8.89. The number of nitriles is 1. The van der Waals surface area contributed by atoms with Crippen molar-refractivity contribution in [1.29, 1.82) is 5.26 Å². The highest BCUT2D eigenvalue weighted by Crippen LogP contribution is 2.30. The number of tetrazole rings is 1. The molecule has 0 saturated heterocycles. The molecule has 38 heavy (non-hydrogen) atoms. The van der Waals surface area contributed by atoms with E-state index in [2.05, 4.69) is 48.3 Å². The molecule has 2 heterocycles. The Hall–Kier alpha value is -4.27. The Kier molecular flexibility index (Phi) is 8.68. The molecule has 1 fully saturated rings. The van der Waals surface area contributed by atoms with Gasteiger partial charge in [-0.3, -0.25) is 0 Å². The summed E-state index contributed by atoms with van der Waals surface area (Å²) in [5.74, 6) is 1.65. The van der Waals surface area contributed by atoms with Gasteiger partial charge in [0, 0.05) is 30.5 Å². The maximum absolute atomic E-state index is 9.53. The molecule has 196 valence electrons. The number of nitrogens with zero attached hydrogens (tertiary/aromatic N) is 7. The van der Waals surface area contributed by atoms with Crippen LogP contribution in [0, 0.1) is 11.3 Å². The van der Waals surface area contributed by atoms with E-state index in [1.165, 1.54) is 19.2 Å². The molecule has 2 N–H and O–H groups in total. The summed E-state index contributed by atoms with van der Waals surface area (Å²) in [6, 6.07) is 14.3. The van der Waals surface area contributed by atoms with Crippen LogP contribution in [0.25, 0.3) is 11.1 Å². The second kappa shape index (κ2) is 12.3. The van der Waals surface area contributed by atoms with Gasteiger partial charge in [0.25, 0.3) is 0 Å². The fraction of sp³-hybridized carbons (Fsp3) is 0.308. The van der Waals surface area contributed by atoms with Crippen molar-refractivity contribution in [2.24, 2.45) is 0 Å². The first-order valence-electron chi connectivity index (χ1n) is 12.0. The monoisotopic (exact) mass is 533 g/mol. The van der Waals surface area contributed by atoms with E-state index >= 15 is 0 Å². The van der Waals surface area contributed by atoms with Crippen LogP contribution in [0.15, 0.2) is 55.1 Å². The molecule has 5 rings (SSSR count). The van der Waals surface area contributed by atoms with Crippen LogP contribution in [-0.2, 0) is 13.1 Å². The number of hydrogen-bond acceptors (Lipinski definition) is 10. The molecule has 12 heteroatoms. The van der Waals surface area contributed by atoms with Crippen molar-refractivity contribution in [3.63, 3.8) is 0 Å². The van der Waals surface area contributed by atoms with E-state index in [4.69, 9.17) is 9.47 Å². The van der Waals surface area contributed by atoms with Gasteiger partial charge in [-0.15, -0.1) is 17.5 Å². The number of anilines is 2. The van der Waals surface area contributed by atoms with Crippen molar-refractivity contribution in [3.05, 3.63) is 66.2 Å². The lowest BCUT2D eigenvalue weighted by Crippen LogP contribution is -2.20. The van der Waals surface area contributed by atoms with Crippen LogP contribution in [0.5, 0.6) is 11.5 Å². The molecule has 1 saturated carbocycles. The van der Waals surface area contributed by atoms with E-state index in [0.717, 1.165) is 34.7 Å². The standard InChI is InChI=1S/C26H27N9O2.ClH/c1-17(15-35-16-31-33-34-35)37-24-10-19(4-5-20(24)11-27)21-13-29-26(30-14-21)32-23-8-3-18(9-25(23)36-2)12-28-22-6-7-22;/h3-5,8-10,13-14,16-17,22,28H,6-7,12,15H2,1-2H3,(H,29,30,32);1H/t17-;/m0./s1. The van der Waals surface area contributed by atoms with Crippen LogP contribution >= 0.6 is 12.4 Å². The summed E-state index contributed by atoms with van der Waals surface area (Å²) in [5.41, 5.74) is 4.02. The first-order valence-corrected chi connectivity index (χ1v) is 12.0. The average molecular weight is 534 g/mol. The molecule has 0 bridgehead atoms. The van der Waals surface area contributed by atoms with Gasteiger partial charge in [0.1, 0.15) is 30.0 Å². The fourth-order valence-corrected chi connectivity index (χ4v) is 3.83. The number of ether oxygens (including phenoxy) is 2. The number of hydrogen-bond donors (Lipinski definition) is 2. The van der Waals surface area contributed by atoms with Gasteiger partial charge in [0.15, 0.2) is 0 Å².